The largest absolute Gasteiger partial charge is 0.416 e. The molecule has 0 radical (unpaired) electrons. The summed E-state index contributed by atoms with van der Waals surface area (Å²) in [4.78, 5) is 30.3. The van der Waals surface area contributed by atoms with E-state index in [0.717, 1.165) is 12.1 Å². The molecule has 0 aliphatic heterocycles. The van der Waals surface area contributed by atoms with Gasteiger partial charge in [-0.1, -0.05) is 26.0 Å². The first kappa shape index (κ1) is 23.0. The molecule has 2 heterocycles. The second kappa shape index (κ2) is 9.21. The van der Waals surface area contributed by atoms with E-state index < -0.39 is 17.6 Å². The Kier molecular flexibility index (Phi) is 6.61. The highest BCUT2D eigenvalue weighted by Gasteiger charge is 2.30. The summed E-state index contributed by atoms with van der Waals surface area (Å²) in [6, 6.07) is 9.60. The van der Waals surface area contributed by atoms with Crippen molar-refractivity contribution in [3.8, 4) is 5.69 Å². The molecule has 3 aromatic rings. The highest BCUT2D eigenvalue weighted by molar-refractivity contribution is 5.95. The van der Waals surface area contributed by atoms with Crippen LogP contribution in [0.2, 0.25) is 0 Å². The molecular formula is C22H22F3N5O2. The molecule has 0 unspecified atom stereocenters. The van der Waals surface area contributed by atoms with Gasteiger partial charge in [0.25, 0.3) is 5.91 Å². The van der Waals surface area contributed by atoms with Crippen molar-refractivity contribution in [1.82, 2.24) is 20.1 Å². The monoisotopic (exact) mass is 445 g/mol. The second-order valence-electron chi connectivity index (χ2n) is 7.46. The van der Waals surface area contributed by atoms with E-state index in [2.05, 4.69) is 15.4 Å². The van der Waals surface area contributed by atoms with Crippen LogP contribution in [0.25, 0.3) is 5.69 Å². The van der Waals surface area contributed by atoms with Crippen molar-refractivity contribution in [3.05, 3.63) is 71.7 Å². The lowest BCUT2D eigenvalue weighted by molar-refractivity contribution is -0.137. The van der Waals surface area contributed by atoms with E-state index in [0.29, 0.717) is 11.4 Å². The van der Waals surface area contributed by atoms with Gasteiger partial charge >= 0.3 is 6.18 Å². The first-order valence-corrected chi connectivity index (χ1v) is 9.80. The summed E-state index contributed by atoms with van der Waals surface area (Å²) < 4.78 is 40.1. The van der Waals surface area contributed by atoms with E-state index in [1.807, 2.05) is 0 Å². The summed E-state index contributed by atoms with van der Waals surface area (Å²) in [5.41, 5.74) is 0.215. The molecule has 0 aliphatic carbocycles. The standard InChI is InChI=1S/C22H22F3N5O2/c1-14(2)21(32)29(3)19-9-5-8-18(28-19)20(31)26-11-15-12-27-30(13-15)17-7-4-6-16(10-17)22(23,24)25/h4-10,12-14H,11H2,1-3H3,(H,26,31). The highest BCUT2D eigenvalue weighted by Crippen LogP contribution is 2.30. The molecule has 0 fully saturated rings. The van der Waals surface area contributed by atoms with E-state index in [1.54, 1.807) is 33.0 Å². The van der Waals surface area contributed by atoms with Gasteiger partial charge in [0.1, 0.15) is 11.5 Å². The summed E-state index contributed by atoms with van der Waals surface area (Å²) in [6.07, 6.45) is -1.45. The zero-order chi connectivity index (χ0) is 23.5. The van der Waals surface area contributed by atoms with Crippen molar-refractivity contribution < 1.29 is 22.8 Å². The first-order valence-electron chi connectivity index (χ1n) is 9.80. The minimum absolute atomic E-state index is 0.102. The molecular weight excluding hydrogens is 423 g/mol. The van der Waals surface area contributed by atoms with Crippen LogP contribution in [0.3, 0.4) is 0 Å². The Morgan fingerprint density at radius 2 is 1.88 bits per heavy atom. The first-order chi connectivity index (χ1) is 15.1. The SMILES string of the molecule is CC(C)C(=O)N(C)c1cccc(C(=O)NCc2cnn(-c3cccc(C(F)(F)F)c3)c2)n1. The van der Waals surface area contributed by atoms with Crippen LogP contribution < -0.4 is 10.2 Å². The second-order valence-corrected chi connectivity index (χ2v) is 7.46. The molecule has 0 aliphatic rings. The van der Waals surface area contributed by atoms with Gasteiger partial charge in [-0.25, -0.2) is 9.67 Å². The molecule has 0 spiro atoms. The number of benzene rings is 1. The number of amides is 2. The zero-order valence-electron chi connectivity index (χ0n) is 17.7. The molecule has 0 bridgehead atoms. The van der Waals surface area contributed by atoms with Crippen LogP contribution in [-0.2, 0) is 17.5 Å². The number of carbonyl (C=O) groups excluding carboxylic acids is 2. The van der Waals surface area contributed by atoms with Crippen molar-refractivity contribution in [1.29, 1.82) is 0 Å². The van der Waals surface area contributed by atoms with Gasteiger partial charge in [-0.2, -0.15) is 18.3 Å². The quantitative estimate of drug-likeness (QED) is 0.625. The number of pyridine rings is 1. The van der Waals surface area contributed by atoms with Crippen LogP contribution in [0, 0.1) is 5.92 Å². The van der Waals surface area contributed by atoms with Crippen molar-refractivity contribution in [2.75, 3.05) is 11.9 Å². The van der Waals surface area contributed by atoms with Gasteiger partial charge in [0.15, 0.2) is 0 Å². The molecule has 168 valence electrons. The van der Waals surface area contributed by atoms with Gasteiger partial charge < -0.3 is 5.32 Å². The summed E-state index contributed by atoms with van der Waals surface area (Å²) in [5.74, 6) is -0.442. The lowest BCUT2D eigenvalue weighted by Gasteiger charge is -2.18. The summed E-state index contributed by atoms with van der Waals surface area (Å²) in [5, 5.41) is 6.77. The Morgan fingerprint density at radius 1 is 1.16 bits per heavy atom. The van der Waals surface area contributed by atoms with Gasteiger partial charge in [-0.3, -0.25) is 14.5 Å². The third-order valence-corrected chi connectivity index (χ3v) is 4.66. The number of nitrogens with one attached hydrogen (secondary N) is 1. The topological polar surface area (TPSA) is 80.1 Å². The average molecular weight is 445 g/mol. The maximum atomic E-state index is 12.9. The number of alkyl halides is 3. The molecule has 1 aromatic carbocycles. The van der Waals surface area contributed by atoms with E-state index in [9.17, 15) is 22.8 Å². The van der Waals surface area contributed by atoms with Crippen molar-refractivity contribution in [2.45, 2.75) is 26.6 Å². The number of rotatable bonds is 6. The number of hydrogen-bond donors (Lipinski definition) is 1. The number of anilines is 1. The van der Waals surface area contributed by atoms with E-state index in [-0.39, 0.29) is 29.8 Å². The molecule has 3 rings (SSSR count). The molecule has 0 saturated carbocycles. The van der Waals surface area contributed by atoms with Crippen molar-refractivity contribution in [2.24, 2.45) is 5.92 Å². The number of carbonyl (C=O) groups is 2. The number of hydrogen-bond acceptors (Lipinski definition) is 4. The molecule has 7 nitrogen and oxygen atoms in total. The zero-order valence-corrected chi connectivity index (χ0v) is 17.7. The van der Waals surface area contributed by atoms with Gasteiger partial charge in [0.2, 0.25) is 5.91 Å². The fraction of sp³-hybridized carbons (Fsp3) is 0.273. The number of halogens is 3. The van der Waals surface area contributed by atoms with Crippen LogP contribution in [0.4, 0.5) is 19.0 Å². The maximum Gasteiger partial charge on any atom is 0.416 e. The minimum atomic E-state index is -4.45. The molecule has 2 aromatic heterocycles. The van der Waals surface area contributed by atoms with Gasteiger partial charge in [-0.15, -0.1) is 0 Å². The van der Waals surface area contributed by atoms with Crippen LogP contribution in [0.1, 0.15) is 35.5 Å². The van der Waals surface area contributed by atoms with E-state index >= 15 is 0 Å². The molecule has 0 saturated heterocycles. The Morgan fingerprint density at radius 3 is 2.56 bits per heavy atom. The third kappa shape index (κ3) is 5.32. The summed E-state index contributed by atoms with van der Waals surface area (Å²) in [6.45, 7) is 3.65. The van der Waals surface area contributed by atoms with Gasteiger partial charge in [-0.05, 0) is 30.3 Å². The Hall–Kier alpha value is -3.69. The van der Waals surface area contributed by atoms with Crippen molar-refractivity contribution in [3.63, 3.8) is 0 Å². The predicted molar refractivity (Wildman–Crippen MR) is 112 cm³/mol. The Labute approximate surface area is 182 Å². The summed E-state index contributed by atoms with van der Waals surface area (Å²) in [7, 11) is 1.59. The molecule has 0 atom stereocenters. The summed E-state index contributed by atoms with van der Waals surface area (Å²) >= 11 is 0. The fourth-order valence-corrected chi connectivity index (χ4v) is 2.93. The number of nitrogens with zero attached hydrogens (tertiary/aromatic N) is 4. The molecule has 10 heteroatoms. The predicted octanol–water partition coefficient (Wildman–Crippen LogP) is 3.83. The van der Waals surface area contributed by atoms with Crippen LogP contribution in [0.5, 0.6) is 0 Å². The Balaban J connectivity index is 1.67. The lowest BCUT2D eigenvalue weighted by atomic mass is 10.2. The van der Waals surface area contributed by atoms with Crippen LogP contribution >= 0.6 is 0 Å². The Bertz CT molecular complexity index is 1120. The average Bonchev–Trinajstić information content (AvgIpc) is 3.25. The normalized spacial score (nSPS) is 11.5. The third-order valence-electron chi connectivity index (χ3n) is 4.66. The van der Waals surface area contributed by atoms with Crippen LogP contribution in [0.15, 0.2) is 54.9 Å². The molecule has 2 amide bonds. The lowest BCUT2D eigenvalue weighted by Crippen LogP contribution is -2.31. The van der Waals surface area contributed by atoms with E-state index in [1.165, 1.54) is 40.2 Å². The molecule has 32 heavy (non-hydrogen) atoms. The van der Waals surface area contributed by atoms with Gasteiger partial charge in [0, 0.05) is 31.3 Å². The smallest absolute Gasteiger partial charge is 0.347 e. The minimum Gasteiger partial charge on any atom is -0.347 e. The molecule has 1 N–H and O–H groups in total. The van der Waals surface area contributed by atoms with Gasteiger partial charge in [0.05, 0.1) is 17.4 Å². The fourth-order valence-electron chi connectivity index (χ4n) is 2.93. The highest BCUT2D eigenvalue weighted by atomic mass is 19.4. The maximum absolute atomic E-state index is 12.9. The van der Waals surface area contributed by atoms with Crippen LogP contribution in [-0.4, -0.2) is 33.6 Å². The number of aromatic nitrogens is 3. The van der Waals surface area contributed by atoms with Crippen molar-refractivity contribution >= 4 is 17.6 Å². The van der Waals surface area contributed by atoms with E-state index in [4.69, 9.17) is 0 Å².